The number of piperazine rings is 1. The number of nitrogens with zero attached hydrogens (tertiary/aromatic N) is 4. The number of para-hydroxylation sites is 1. The fourth-order valence-electron chi connectivity index (χ4n) is 3.98. The van der Waals surface area contributed by atoms with Gasteiger partial charge in [-0.2, -0.15) is 0 Å². The Balaban J connectivity index is 1.71. The van der Waals surface area contributed by atoms with Gasteiger partial charge in [-0.3, -0.25) is 4.79 Å². The van der Waals surface area contributed by atoms with Crippen LogP contribution in [0.2, 0.25) is 0 Å². The van der Waals surface area contributed by atoms with Crippen LogP contribution in [0.1, 0.15) is 33.6 Å². The number of rotatable bonds is 3. The summed E-state index contributed by atoms with van der Waals surface area (Å²) in [4.78, 5) is 19.9. The smallest absolute Gasteiger partial charge is 0.256 e. The summed E-state index contributed by atoms with van der Waals surface area (Å²) in [5.41, 5.74) is 3.87. The molecule has 4 rings (SSSR count). The number of imidazole rings is 1. The minimum atomic E-state index is -0.0639. The van der Waals surface area contributed by atoms with Crippen molar-refractivity contribution in [1.82, 2.24) is 24.3 Å². The third kappa shape index (κ3) is 3.06. The minimum Gasteiger partial charge on any atom is -0.336 e. The molecule has 0 spiro atoms. The highest BCUT2D eigenvalue weighted by molar-refractivity contribution is 5.96. The molecule has 1 unspecified atom stereocenters. The normalized spacial score (nSPS) is 17.3. The van der Waals surface area contributed by atoms with E-state index in [1.807, 2.05) is 60.8 Å². The molecule has 1 fully saturated rings. The molecule has 1 N–H and O–H groups in total. The second kappa shape index (κ2) is 7.04. The Kier molecular flexibility index (Phi) is 4.58. The molecule has 1 aliphatic rings. The molecule has 1 amide bonds. The molecule has 3 heterocycles. The second-order valence-corrected chi connectivity index (χ2v) is 7.07. The summed E-state index contributed by atoms with van der Waals surface area (Å²) < 4.78 is 4.14. The molecule has 1 aliphatic heterocycles. The molecule has 0 aliphatic carbocycles. The lowest BCUT2D eigenvalue weighted by atomic mass is 10.1. The summed E-state index contributed by atoms with van der Waals surface area (Å²) >= 11 is 0. The van der Waals surface area contributed by atoms with Crippen molar-refractivity contribution in [2.24, 2.45) is 7.05 Å². The average Bonchev–Trinajstić information content (AvgIpc) is 3.24. The number of carbonyl (C=O) groups is 1. The van der Waals surface area contributed by atoms with Crippen molar-refractivity contribution in [2.75, 3.05) is 19.6 Å². The van der Waals surface area contributed by atoms with Crippen LogP contribution in [0.5, 0.6) is 0 Å². The molecule has 1 saturated heterocycles. The van der Waals surface area contributed by atoms with Crippen molar-refractivity contribution >= 4 is 5.91 Å². The van der Waals surface area contributed by atoms with E-state index >= 15 is 0 Å². The van der Waals surface area contributed by atoms with Crippen LogP contribution in [0.4, 0.5) is 0 Å². The molecule has 3 aromatic rings. The van der Waals surface area contributed by atoms with E-state index in [-0.39, 0.29) is 11.9 Å². The SMILES string of the molecule is Cc1cc(C(=O)N2CCNCC2c2nccn2C)c(C)n1-c1ccccc1. The Morgan fingerprint density at radius 3 is 2.70 bits per heavy atom. The molecule has 0 bridgehead atoms. The number of hydrogen-bond donors (Lipinski definition) is 1. The summed E-state index contributed by atoms with van der Waals surface area (Å²) in [6, 6.07) is 12.1. The zero-order valence-electron chi connectivity index (χ0n) is 16.0. The molecule has 6 heteroatoms. The van der Waals surface area contributed by atoms with E-state index in [1.165, 1.54) is 0 Å². The highest BCUT2D eigenvalue weighted by atomic mass is 16.2. The van der Waals surface area contributed by atoms with Gasteiger partial charge in [0.25, 0.3) is 5.91 Å². The summed E-state index contributed by atoms with van der Waals surface area (Å²) in [5, 5.41) is 3.39. The predicted molar refractivity (Wildman–Crippen MR) is 105 cm³/mol. The maximum absolute atomic E-state index is 13.5. The van der Waals surface area contributed by atoms with Gasteiger partial charge in [-0.1, -0.05) is 18.2 Å². The molecule has 1 aromatic carbocycles. The molecule has 1 atom stereocenters. The fraction of sp³-hybridized carbons (Fsp3) is 0.333. The zero-order chi connectivity index (χ0) is 19.0. The number of aryl methyl sites for hydroxylation is 2. The van der Waals surface area contributed by atoms with Gasteiger partial charge in [0.2, 0.25) is 0 Å². The Bertz CT molecular complexity index is 956. The average molecular weight is 363 g/mol. The van der Waals surface area contributed by atoms with E-state index in [0.717, 1.165) is 35.0 Å². The topological polar surface area (TPSA) is 55.1 Å². The predicted octanol–water partition coefficient (Wildman–Crippen LogP) is 2.61. The number of hydrogen-bond acceptors (Lipinski definition) is 3. The van der Waals surface area contributed by atoms with Gasteiger partial charge in [-0.15, -0.1) is 0 Å². The van der Waals surface area contributed by atoms with Crippen LogP contribution in [0.15, 0.2) is 48.8 Å². The molecule has 0 saturated carbocycles. The van der Waals surface area contributed by atoms with Gasteiger partial charge >= 0.3 is 0 Å². The molecular formula is C21H25N5O. The Morgan fingerprint density at radius 2 is 2.00 bits per heavy atom. The van der Waals surface area contributed by atoms with E-state index < -0.39 is 0 Å². The van der Waals surface area contributed by atoms with Gasteiger partial charge in [-0.05, 0) is 32.0 Å². The van der Waals surface area contributed by atoms with Gasteiger partial charge in [0.1, 0.15) is 11.9 Å². The van der Waals surface area contributed by atoms with E-state index in [1.54, 1.807) is 6.20 Å². The van der Waals surface area contributed by atoms with Crippen LogP contribution in [-0.2, 0) is 7.05 Å². The van der Waals surface area contributed by atoms with E-state index in [4.69, 9.17) is 0 Å². The number of nitrogens with one attached hydrogen (secondary N) is 1. The highest BCUT2D eigenvalue weighted by Gasteiger charge is 2.32. The van der Waals surface area contributed by atoms with E-state index in [0.29, 0.717) is 13.1 Å². The van der Waals surface area contributed by atoms with Crippen LogP contribution in [0.3, 0.4) is 0 Å². The Hall–Kier alpha value is -2.86. The van der Waals surface area contributed by atoms with Crippen molar-refractivity contribution in [3.8, 4) is 5.69 Å². The van der Waals surface area contributed by atoms with Gasteiger partial charge in [0.05, 0.1) is 5.56 Å². The van der Waals surface area contributed by atoms with Gasteiger partial charge in [0.15, 0.2) is 0 Å². The van der Waals surface area contributed by atoms with E-state index in [2.05, 4.69) is 27.0 Å². The second-order valence-electron chi connectivity index (χ2n) is 7.07. The van der Waals surface area contributed by atoms with Crippen molar-refractivity contribution in [1.29, 1.82) is 0 Å². The summed E-state index contributed by atoms with van der Waals surface area (Å²) in [6.45, 7) is 6.25. The van der Waals surface area contributed by atoms with Gasteiger partial charge < -0.3 is 19.4 Å². The Labute approximate surface area is 159 Å². The maximum Gasteiger partial charge on any atom is 0.256 e. The lowest BCUT2D eigenvalue weighted by Crippen LogP contribution is -2.49. The fourth-order valence-corrected chi connectivity index (χ4v) is 3.98. The van der Waals surface area contributed by atoms with Crippen LogP contribution < -0.4 is 5.32 Å². The first-order chi connectivity index (χ1) is 13.1. The maximum atomic E-state index is 13.5. The summed E-state index contributed by atoms with van der Waals surface area (Å²) in [6.07, 6.45) is 3.71. The van der Waals surface area contributed by atoms with Gasteiger partial charge in [0, 0.05) is 56.2 Å². The lowest BCUT2D eigenvalue weighted by Gasteiger charge is -2.35. The van der Waals surface area contributed by atoms with Gasteiger partial charge in [-0.25, -0.2) is 4.98 Å². The van der Waals surface area contributed by atoms with E-state index in [9.17, 15) is 4.79 Å². The first kappa shape index (κ1) is 17.5. The zero-order valence-corrected chi connectivity index (χ0v) is 16.0. The number of aromatic nitrogens is 3. The first-order valence-electron chi connectivity index (χ1n) is 9.31. The third-order valence-corrected chi connectivity index (χ3v) is 5.34. The standard InChI is InChI=1S/C21H25N5O/c1-15-13-18(16(2)26(15)17-7-5-4-6-8-17)21(27)25-12-9-22-14-19(25)20-23-10-11-24(20)3/h4-8,10-11,13,19,22H,9,12,14H2,1-3H3. The number of carbonyl (C=O) groups excluding carboxylic acids is 1. The van der Waals surface area contributed by atoms with Crippen LogP contribution in [0.25, 0.3) is 5.69 Å². The van der Waals surface area contributed by atoms with Crippen LogP contribution >= 0.6 is 0 Å². The van der Waals surface area contributed by atoms with Crippen LogP contribution in [-0.4, -0.2) is 44.6 Å². The minimum absolute atomic E-state index is 0.0639. The molecule has 6 nitrogen and oxygen atoms in total. The van der Waals surface area contributed by atoms with Crippen molar-refractivity contribution in [3.63, 3.8) is 0 Å². The first-order valence-corrected chi connectivity index (χ1v) is 9.31. The highest BCUT2D eigenvalue weighted by Crippen LogP contribution is 2.27. The quantitative estimate of drug-likeness (QED) is 0.778. The monoisotopic (exact) mass is 363 g/mol. The van der Waals surface area contributed by atoms with Crippen molar-refractivity contribution in [3.05, 3.63) is 71.6 Å². The largest absolute Gasteiger partial charge is 0.336 e. The molecule has 140 valence electrons. The van der Waals surface area contributed by atoms with Crippen LogP contribution in [0, 0.1) is 13.8 Å². The molecule has 0 radical (unpaired) electrons. The molecular weight excluding hydrogens is 338 g/mol. The third-order valence-electron chi connectivity index (χ3n) is 5.34. The molecule has 2 aromatic heterocycles. The summed E-state index contributed by atoms with van der Waals surface area (Å²) in [7, 11) is 1.97. The summed E-state index contributed by atoms with van der Waals surface area (Å²) in [5.74, 6) is 0.979. The molecule has 27 heavy (non-hydrogen) atoms. The van der Waals surface area contributed by atoms with Crippen molar-refractivity contribution in [2.45, 2.75) is 19.9 Å². The number of benzene rings is 1. The Morgan fingerprint density at radius 1 is 1.22 bits per heavy atom. The van der Waals surface area contributed by atoms with Crippen molar-refractivity contribution < 1.29 is 4.79 Å². The number of amides is 1. The lowest BCUT2D eigenvalue weighted by molar-refractivity contribution is 0.0620.